The Morgan fingerprint density at radius 2 is 1.12 bits per heavy atom. The fourth-order valence-electron chi connectivity index (χ4n) is 9.91. The lowest BCUT2D eigenvalue weighted by atomic mass is 9.71. The quantitative estimate of drug-likeness (QED) is 0.0618. The number of anilines is 1. The van der Waals surface area contributed by atoms with E-state index in [1.165, 1.54) is 24.0 Å². The Morgan fingerprint density at radius 1 is 0.600 bits per heavy atom. The lowest BCUT2D eigenvalue weighted by Gasteiger charge is -2.39. The number of alkyl carbamates (subject to hydrolysis) is 1. The van der Waals surface area contributed by atoms with Gasteiger partial charge in [0.1, 0.15) is 47.1 Å². The molecule has 0 bridgehead atoms. The van der Waals surface area contributed by atoms with E-state index in [1.54, 1.807) is 92.8 Å². The first-order chi connectivity index (χ1) is 35.3. The Bertz CT molecular complexity index is 2920. The van der Waals surface area contributed by atoms with Gasteiger partial charge in [-0.2, -0.15) is 0 Å². The summed E-state index contributed by atoms with van der Waals surface area (Å²) < 4.78 is 28.1. The average molecular weight is 1030 g/mol. The Hall–Kier alpha value is -7.89. The van der Waals surface area contributed by atoms with Crippen molar-refractivity contribution in [2.75, 3.05) is 19.1 Å². The van der Waals surface area contributed by atoms with Crippen molar-refractivity contribution in [3.8, 4) is 0 Å². The van der Waals surface area contributed by atoms with Crippen LogP contribution in [-0.2, 0) is 67.5 Å². The van der Waals surface area contributed by atoms with Crippen LogP contribution in [0.2, 0.25) is 0 Å². The minimum atomic E-state index is -1.43. The highest BCUT2D eigenvalue weighted by molar-refractivity contribution is 6.00. The molecule has 3 heterocycles. The maximum atomic E-state index is 15.2. The van der Waals surface area contributed by atoms with Crippen molar-refractivity contribution in [1.82, 2.24) is 25.8 Å². The number of methoxy groups -OCH3 is 2. The molecule has 75 heavy (non-hydrogen) atoms. The van der Waals surface area contributed by atoms with Crippen LogP contribution in [0.15, 0.2) is 109 Å². The largest absolute Gasteiger partial charge is 0.467 e. The van der Waals surface area contributed by atoms with Crippen molar-refractivity contribution in [3.05, 3.63) is 137 Å². The van der Waals surface area contributed by atoms with Gasteiger partial charge >= 0.3 is 30.2 Å². The van der Waals surface area contributed by atoms with E-state index in [9.17, 15) is 24.0 Å². The third kappa shape index (κ3) is 12.4. The number of carbonyl (C=O) groups is 7. The van der Waals surface area contributed by atoms with Gasteiger partial charge in [0.15, 0.2) is 0 Å². The Labute approximate surface area is 437 Å². The Morgan fingerprint density at radius 3 is 1.68 bits per heavy atom. The molecule has 4 aromatic carbocycles. The van der Waals surface area contributed by atoms with Gasteiger partial charge in [-0.05, 0) is 103 Å². The van der Waals surface area contributed by atoms with Crippen molar-refractivity contribution in [2.24, 2.45) is 0 Å². The number of para-hydroxylation sites is 2. The van der Waals surface area contributed by atoms with Gasteiger partial charge in [-0.15, -0.1) is 0 Å². The number of hydrogen-bond acceptors (Lipinski definition) is 12. The summed E-state index contributed by atoms with van der Waals surface area (Å²) in [6.45, 7) is 15.3. The predicted octanol–water partition coefficient (Wildman–Crippen LogP) is 7.78. The fourth-order valence-corrected chi connectivity index (χ4v) is 9.91. The number of rotatable bonds is 14. The molecule has 0 saturated carbocycles. The number of likely N-dealkylation sites (tertiary alicyclic amines) is 1. The van der Waals surface area contributed by atoms with E-state index in [4.69, 9.17) is 23.7 Å². The van der Waals surface area contributed by atoms with Crippen LogP contribution in [-0.4, -0.2) is 113 Å². The van der Waals surface area contributed by atoms with Crippen molar-refractivity contribution < 1.29 is 57.2 Å². The number of nitrogens with zero attached hydrogens (tertiary/aromatic N) is 2. The predicted molar refractivity (Wildman–Crippen MR) is 280 cm³/mol. The van der Waals surface area contributed by atoms with E-state index < -0.39 is 94.6 Å². The van der Waals surface area contributed by atoms with E-state index in [2.05, 4.69) is 20.9 Å². The minimum Gasteiger partial charge on any atom is -0.467 e. The zero-order valence-electron chi connectivity index (χ0n) is 44.4. The summed E-state index contributed by atoms with van der Waals surface area (Å²) in [5.74, 6) is -2.80. The highest BCUT2D eigenvalue weighted by atomic mass is 16.6. The van der Waals surface area contributed by atoms with Gasteiger partial charge in [-0.3, -0.25) is 19.4 Å². The lowest BCUT2D eigenvalue weighted by Crippen LogP contribution is -2.59. The monoisotopic (exact) mass is 1030 g/mol. The summed E-state index contributed by atoms with van der Waals surface area (Å²) in [4.78, 5) is 106. The molecule has 1 fully saturated rings. The molecule has 1 saturated heterocycles. The van der Waals surface area contributed by atoms with Gasteiger partial charge in [-0.25, -0.2) is 24.0 Å². The molecule has 4 N–H and O–H groups in total. The van der Waals surface area contributed by atoms with E-state index in [0.717, 1.165) is 11.1 Å². The molecular formula is C57H68N6O12. The molecular weight excluding hydrogens is 961 g/mol. The summed E-state index contributed by atoms with van der Waals surface area (Å²) in [7, 11) is 2.45. The van der Waals surface area contributed by atoms with Gasteiger partial charge in [0.2, 0.25) is 11.8 Å². The summed E-state index contributed by atoms with van der Waals surface area (Å²) in [5, 5.41) is 9.01. The van der Waals surface area contributed by atoms with Crippen molar-refractivity contribution in [1.29, 1.82) is 0 Å². The highest BCUT2D eigenvalue weighted by Gasteiger charge is 2.67. The van der Waals surface area contributed by atoms with E-state index >= 15 is 9.59 Å². The first-order valence-corrected chi connectivity index (χ1v) is 24.9. The van der Waals surface area contributed by atoms with Gasteiger partial charge in [0.05, 0.1) is 25.3 Å². The van der Waals surface area contributed by atoms with E-state index in [1.807, 2.05) is 78.9 Å². The molecule has 5 amide bonds. The van der Waals surface area contributed by atoms with Crippen molar-refractivity contribution in [3.63, 3.8) is 0 Å². The number of nitrogens with one attached hydrogen (secondary N) is 4. The molecule has 398 valence electrons. The maximum Gasteiger partial charge on any atom is 0.416 e. The van der Waals surface area contributed by atoms with Crippen LogP contribution in [0.3, 0.4) is 0 Å². The second-order valence-corrected chi connectivity index (χ2v) is 21.8. The summed E-state index contributed by atoms with van der Waals surface area (Å²) in [6, 6.07) is 25.8. The van der Waals surface area contributed by atoms with Gasteiger partial charge in [0.25, 0.3) is 0 Å². The summed E-state index contributed by atoms with van der Waals surface area (Å²) >= 11 is 0. The number of aromatic nitrogens is 1. The Balaban J connectivity index is 1.38. The third-order valence-electron chi connectivity index (χ3n) is 12.8. The van der Waals surface area contributed by atoms with Crippen molar-refractivity contribution >= 4 is 58.6 Å². The highest BCUT2D eigenvalue weighted by Crippen LogP contribution is 2.59. The summed E-state index contributed by atoms with van der Waals surface area (Å²) in [6.07, 6.45) is -2.27. The number of esters is 2. The number of aromatic amines is 1. The molecule has 0 unspecified atom stereocenters. The first-order valence-electron chi connectivity index (χ1n) is 24.9. The maximum absolute atomic E-state index is 15.2. The molecule has 0 radical (unpaired) electrons. The minimum absolute atomic E-state index is 0.0720. The van der Waals surface area contributed by atoms with E-state index in [0.29, 0.717) is 33.3 Å². The molecule has 2 aliphatic rings. The number of fused-ring (bicyclic) bond motifs is 4. The van der Waals surface area contributed by atoms with Gasteiger partial charge in [0, 0.05) is 36.4 Å². The molecule has 1 aromatic heterocycles. The van der Waals surface area contributed by atoms with Gasteiger partial charge in [-0.1, -0.05) is 97.1 Å². The third-order valence-corrected chi connectivity index (χ3v) is 12.8. The van der Waals surface area contributed by atoms with Crippen LogP contribution in [0, 0.1) is 0 Å². The molecule has 0 aliphatic carbocycles. The molecule has 2 aliphatic heterocycles. The number of carbonyl (C=O) groups excluding carboxylic acids is 7. The second kappa shape index (κ2) is 21.9. The molecule has 0 spiro atoms. The molecule has 18 nitrogen and oxygen atoms in total. The zero-order chi connectivity index (χ0) is 54.6. The van der Waals surface area contributed by atoms with Crippen LogP contribution < -0.4 is 20.9 Å². The SMILES string of the molecule is COC(=O)[C@@H](Cc1ccccc1)NC(=O)[C@H](Cc1c[nH]c2c([C@]34C[C@@H](C(=O)N[C@H](Cc5ccccc5)C(=O)OC)N(C(=O)OC(C)(C)C)[C@H]3N(C(=O)OC(C)(C)C)c3ccccc34)cccc12)NC(=O)OC(C)(C)C. The Kier molecular flexibility index (Phi) is 16.0. The second-order valence-electron chi connectivity index (χ2n) is 21.8. The van der Waals surface area contributed by atoms with Crippen LogP contribution in [0.25, 0.3) is 10.9 Å². The van der Waals surface area contributed by atoms with Crippen LogP contribution >= 0.6 is 0 Å². The standard InChI is InChI=1S/C57H68N6O12/c1-54(2,3)73-51(68)61-40(46(64)59-41(48(66)71-10)29-34-21-14-12-15-22-34)31-36-33-58-45-37(36)25-20-27-39(45)57-32-44(47(65)60-42(49(67)72-11)30-35-23-16-13-17-24-35)63(53(70)75-56(7,8)9)50(57)62(52(69)74-55(4,5)6)43-28-19-18-26-38(43)57/h12-28,33,40-42,44,50,58H,29-32H2,1-11H3,(H,59,64)(H,60,65)(H,61,68)/t40-,41+,42+,44-,50+,57+/m0/s1. The van der Waals surface area contributed by atoms with Crippen molar-refractivity contribution in [2.45, 2.75) is 141 Å². The molecule has 18 heteroatoms. The number of benzene rings is 4. The number of amides is 5. The van der Waals surface area contributed by atoms with E-state index in [-0.39, 0.29) is 25.7 Å². The zero-order valence-corrected chi connectivity index (χ0v) is 44.4. The van der Waals surface area contributed by atoms with Crippen LogP contribution in [0.5, 0.6) is 0 Å². The molecule has 5 aromatic rings. The van der Waals surface area contributed by atoms with Gasteiger partial charge < -0.3 is 44.6 Å². The summed E-state index contributed by atoms with van der Waals surface area (Å²) in [5.41, 5.74) is -0.285. The first kappa shape index (κ1) is 54.9. The van der Waals surface area contributed by atoms with Crippen LogP contribution in [0.1, 0.15) is 96.6 Å². The lowest BCUT2D eigenvalue weighted by molar-refractivity contribution is -0.145. The fraction of sp³-hybridized carbons (Fsp3) is 0.421. The smallest absolute Gasteiger partial charge is 0.416 e. The molecule has 6 atom stereocenters. The van der Waals surface area contributed by atoms with Crippen LogP contribution in [0.4, 0.5) is 20.1 Å². The molecule has 7 rings (SSSR count). The normalized spacial score (nSPS) is 18.4. The number of H-pyrrole nitrogens is 1. The number of hydrogen-bond donors (Lipinski definition) is 4. The topological polar surface area (TPSA) is 224 Å². The average Bonchev–Trinajstić information content (AvgIpc) is 4.07. The number of ether oxygens (including phenoxy) is 5.